The molecular weight excluding hydrogens is 296 g/mol. The van der Waals surface area contributed by atoms with Gasteiger partial charge in [0, 0.05) is 4.90 Å². The van der Waals surface area contributed by atoms with Crippen molar-refractivity contribution in [1.29, 1.82) is 0 Å². The predicted molar refractivity (Wildman–Crippen MR) is 60.6 cm³/mol. The van der Waals surface area contributed by atoms with Crippen molar-refractivity contribution in [2.45, 2.75) is 17.3 Å². The standard InChI is InChI=1S/C8H9FS.CHF3O3S/c1-7-2-4-8(5-3-7)10-6-9;2-1(3,4)8(5,6)7/h2-5H,6H2,1H3;(H,5,6,7). The van der Waals surface area contributed by atoms with Gasteiger partial charge in [-0.3, -0.25) is 4.55 Å². The molecule has 0 unspecified atom stereocenters. The summed E-state index contributed by atoms with van der Waals surface area (Å²) in [6.45, 7) is 2.02. The lowest BCUT2D eigenvalue weighted by molar-refractivity contribution is -0.0510. The largest absolute Gasteiger partial charge is 0.522 e. The van der Waals surface area contributed by atoms with Crippen LogP contribution in [0.4, 0.5) is 17.6 Å². The van der Waals surface area contributed by atoms with E-state index in [4.69, 9.17) is 13.0 Å². The lowest BCUT2D eigenvalue weighted by atomic mass is 10.2. The van der Waals surface area contributed by atoms with Crippen LogP contribution in [0.3, 0.4) is 0 Å². The number of hydrogen-bond donors (Lipinski definition) is 1. The summed E-state index contributed by atoms with van der Waals surface area (Å²) in [7, 11) is -5.84. The van der Waals surface area contributed by atoms with Gasteiger partial charge >= 0.3 is 15.6 Å². The van der Waals surface area contributed by atoms with E-state index in [2.05, 4.69) is 0 Å². The molecule has 1 N–H and O–H groups in total. The van der Waals surface area contributed by atoms with E-state index in [0.717, 1.165) is 4.90 Å². The molecule has 104 valence electrons. The third kappa shape index (κ3) is 6.82. The second-order valence-corrected chi connectivity index (χ2v) is 5.38. The number of benzene rings is 1. The molecule has 1 aromatic carbocycles. The highest BCUT2D eigenvalue weighted by Crippen LogP contribution is 2.20. The van der Waals surface area contributed by atoms with Crippen molar-refractivity contribution in [3.63, 3.8) is 0 Å². The molecule has 3 nitrogen and oxygen atoms in total. The highest BCUT2D eigenvalue weighted by atomic mass is 32.2. The van der Waals surface area contributed by atoms with Gasteiger partial charge in [-0.05, 0) is 19.1 Å². The van der Waals surface area contributed by atoms with E-state index < -0.39 is 15.6 Å². The number of rotatable bonds is 2. The Labute approximate surface area is 106 Å². The van der Waals surface area contributed by atoms with Crippen LogP contribution in [0.2, 0.25) is 0 Å². The zero-order valence-electron chi connectivity index (χ0n) is 9.11. The first-order valence-corrected chi connectivity index (χ1v) is 6.79. The van der Waals surface area contributed by atoms with Gasteiger partial charge in [0.1, 0.15) is 6.01 Å². The summed E-state index contributed by atoms with van der Waals surface area (Å²) in [5, 5.41) is 0. The summed E-state index contributed by atoms with van der Waals surface area (Å²) in [5.41, 5.74) is -4.32. The quantitative estimate of drug-likeness (QED) is 0.394. The number of thioether (sulfide) groups is 1. The van der Waals surface area contributed by atoms with Crippen molar-refractivity contribution in [1.82, 2.24) is 0 Å². The number of halogens is 4. The molecule has 18 heavy (non-hydrogen) atoms. The Balaban J connectivity index is 0.000000331. The van der Waals surface area contributed by atoms with Gasteiger partial charge in [-0.1, -0.05) is 29.5 Å². The number of hydrogen-bond acceptors (Lipinski definition) is 3. The van der Waals surface area contributed by atoms with E-state index in [9.17, 15) is 17.6 Å². The van der Waals surface area contributed by atoms with Crippen molar-refractivity contribution in [3.05, 3.63) is 29.8 Å². The first-order chi connectivity index (χ1) is 8.08. The van der Waals surface area contributed by atoms with Gasteiger partial charge in [-0.2, -0.15) is 21.6 Å². The van der Waals surface area contributed by atoms with Gasteiger partial charge in [0.15, 0.2) is 0 Å². The predicted octanol–water partition coefficient (Wildman–Crippen LogP) is 3.41. The number of aryl methyl sites for hydroxylation is 1. The van der Waals surface area contributed by atoms with Crippen LogP contribution >= 0.6 is 11.8 Å². The Bertz CT molecular complexity index is 454. The molecule has 0 saturated heterocycles. The van der Waals surface area contributed by atoms with E-state index in [0.29, 0.717) is 0 Å². The minimum atomic E-state index is -5.84. The fourth-order valence-corrected chi connectivity index (χ4v) is 1.15. The topological polar surface area (TPSA) is 54.4 Å². The van der Waals surface area contributed by atoms with Gasteiger partial charge in [0.05, 0.1) is 0 Å². The second-order valence-electron chi connectivity index (χ2n) is 2.99. The molecule has 0 aliphatic carbocycles. The number of alkyl halides is 4. The summed E-state index contributed by atoms with van der Waals surface area (Å²) in [4.78, 5) is 0.994. The van der Waals surface area contributed by atoms with Crippen LogP contribution in [-0.4, -0.2) is 24.5 Å². The molecule has 1 aromatic rings. The molecule has 0 aliphatic rings. The molecule has 1 rings (SSSR count). The second kappa shape index (κ2) is 6.95. The molecule has 0 atom stereocenters. The molecule has 9 heteroatoms. The van der Waals surface area contributed by atoms with Crippen LogP contribution in [0.5, 0.6) is 0 Å². The maximum absolute atomic E-state index is 11.7. The minimum absolute atomic E-state index is 0.344. The van der Waals surface area contributed by atoms with E-state index in [1.165, 1.54) is 17.3 Å². The summed E-state index contributed by atoms with van der Waals surface area (Å²) in [5.74, 6) is 0. The maximum atomic E-state index is 11.7. The van der Waals surface area contributed by atoms with Crippen LogP contribution in [0.1, 0.15) is 5.56 Å². The third-order valence-corrected chi connectivity index (χ3v) is 2.83. The molecule has 0 bridgehead atoms. The average Bonchev–Trinajstić information content (AvgIpc) is 2.20. The smallest absolute Gasteiger partial charge is 0.279 e. The maximum Gasteiger partial charge on any atom is 0.522 e. The molecule has 0 saturated carbocycles. The van der Waals surface area contributed by atoms with Gasteiger partial charge in [-0.25, -0.2) is 4.39 Å². The van der Waals surface area contributed by atoms with Crippen molar-refractivity contribution in [3.8, 4) is 0 Å². The van der Waals surface area contributed by atoms with E-state index in [1.54, 1.807) is 0 Å². The van der Waals surface area contributed by atoms with Crippen molar-refractivity contribution < 1.29 is 30.5 Å². The summed E-state index contributed by atoms with van der Waals surface area (Å²) < 4.78 is 69.3. The molecule has 0 radical (unpaired) electrons. The summed E-state index contributed by atoms with van der Waals surface area (Å²) in [6.07, 6.45) is 0. The first kappa shape index (κ1) is 17.2. The lowest BCUT2D eigenvalue weighted by Crippen LogP contribution is -2.21. The zero-order chi connectivity index (χ0) is 14.4. The molecule has 0 amide bonds. The van der Waals surface area contributed by atoms with Crippen molar-refractivity contribution in [2.24, 2.45) is 0 Å². The summed E-state index contributed by atoms with van der Waals surface area (Å²) >= 11 is 1.22. The minimum Gasteiger partial charge on any atom is -0.279 e. The Morgan fingerprint density at radius 2 is 1.61 bits per heavy atom. The third-order valence-electron chi connectivity index (χ3n) is 1.53. The highest BCUT2D eigenvalue weighted by Gasteiger charge is 2.44. The molecular formula is C9H10F4O3S2. The SMILES string of the molecule is Cc1ccc(SCF)cc1.O=S(=O)(O)C(F)(F)F. The molecule has 0 aliphatic heterocycles. The van der Waals surface area contributed by atoms with E-state index in [1.807, 2.05) is 31.2 Å². The monoisotopic (exact) mass is 306 g/mol. The molecule has 0 heterocycles. The van der Waals surface area contributed by atoms with Gasteiger partial charge < -0.3 is 0 Å². The molecule has 0 aromatic heterocycles. The fourth-order valence-electron chi connectivity index (χ4n) is 0.697. The van der Waals surface area contributed by atoms with Gasteiger partial charge in [-0.15, -0.1) is 0 Å². The molecule has 0 fully saturated rings. The van der Waals surface area contributed by atoms with Crippen LogP contribution in [0, 0.1) is 6.92 Å². The Morgan fingerprint density at radius 3 is 1.89 bits per heavy atom. The van der Waals surface area contributed by atoms with Crippen LogP contribution in [-0.2, 0) is 10.1 Å². The average molecular weight is 306 g/mol. The lowest BCUT2D eigenvalue weighted by Gasteiger charge is -1.97. The fraction of sp³-hybridized carbons (Fsp3) is 0.333. The van der Waals surface area contributed by atoms with E-state index in [-0.39, 0.29) is 6.01 Å². The summed E-state index contributed by atoms with van der Waals surface area (Å²) in [6, 6.07) is 7.48. The Hall–Kier alpha value is -0.800. The molecule has 0 spiro atoms. The van der Waals surface area contributed by atoms with Crippen LogP contribution in [0.15, 0.2) is 29.2 Å². The van der Waals surface area contributed by atoms with Gasteiger partial charge in [0.2, 0.25) is 0 Å². The van der Waals surface area contributed by atoms with Crippen LogP contribution < -0.4 is 0 Å². The highest BCUT2D eigenvalue weighted by molar-refractivity contribution is 7.99. The van der Waals surface area contributed by atoms with Crippen molar-refractivity contribution >= 4 is 21.9 Å². The Kier molecular flexibility index (Phi) is 6.64. The normalized spacial score (nSPS) is 11.7. The van der Waals surface area contributed by atoms with E-state index >= 15 is 0 Å². The zero-order valence-corrected chi connectivity index (χ0v) is 10.7. The Morgan fingerprint density at radius 1 is 1.22 bits per heavy atom. The first-order valence-electron chi connectivity index (χ1n) is 4.37. The van der Waals surface area contributed by atoms with Crippen molar-refractivity contribution in [2.75, 3.05) is 6.01 Å². The van der Waals surface area contributed by atoms with Gasteiger partial charge in [0.25, 0.3) is 0 Å². The van der Waals surface area contributed by atoms with Crippen LogP contribution in [0.25, 0.3) is 0 Å².